The molecule has 1 heteroatoms. The minimum Gasteiger partial charge on any atom is -0.494 e. The largest absolute Gasteiger partial charge is 0.494 e. The third-order valence-electron chi connectivity index (χ3n) is 7.72. The van der Waals surface area contributed by atoms with E-state index in [9.17, 15) is 0 Å². The highest BCUT2D eigenvalue weighted by atomic mass is 16.5. The number of aryl methyl sites for hydroxylation is 1. The van der Waals surface area contributed by atoms with Gasteiger partial charge in [-0.2, -0.15) is 0 Å². The van der Waals surface area contributed by atoms with Crippen molar-refractivity contribution in [2.75, 3.05) is 6.61 Å². The van der Waals surface area contributed by atoms with Gasteiger partial charge in [0.25, 0.3) is 0 Å². The summed E-state index contributed by atoms with van der Waals surface area (Å²) in [5.74, 6) is 8.18. The minimum absolute atomic E-state index is 0.235. The molecular weight excluding hydrogens is 376 g/mol. The van der Waals surface area contributed by atoms with Crippen LogP contribution >= 0.6 is 0 Å². The molecule has 164 valence electrons. The van der Waals surface area contributed by atoms with Crippen LogP contribution in [0.2, 0.25) is 0 Å². The molecule has 0 saturated heterocycles. The zero-order chi connectivity index (χ0) is 21.6. The fraction of sp³-hybridized carbons (Fsp3) is 0.533. The molecule has 31 heavy (non-hydrogen) atoms. The van der Waals surface area contributed by atoms with Gasteiger partial charge in [-0.15, -0.1) is 0 Å². The third kappa shape index (κ3) is 5.17. The van der Waals surface area contributed by atoms with Crippen LogP contribution in [0.3, 0.4) is 0 Å². The molecule has 2 bridgehead atoms. The van der Waals surface area contributed by atoms with Crippen molar-refractivity contribution < 1.29 is 4.74 Å². The average Bonchev–Trinajstić information content (AvgIpc) is 2.84. The Labute approximate surface area is 189 Å². The molecule has 3 fully saturated rings. The quantitative estimate of drug-likeness (QED) is 0.316. The van der Waals surface area contributed by atoms with E-state index < -0.39 is 0 Å². The third-order valence-corrected chi connectivity index (χ3v) is 7.72. The molecule has 0 aliphatic heterocycles. The predicted octanol–water partition coefficient (Wildman–Crippen LogP) is 7.85. The first-order valence-corrected chi connectivity index (χ1v) is 12.5. The fourth-order valence-corrected chi connectivity index (χ4v) is 5.39. The van der Waals surface area contributed by atoms with Crippen LogP contribution in [0.4, 0.5) is 0 Å². The van der Waals surface area contributed by atoms with Crippen molar-refractivity contribution in [2.24, 2.45) is 5.41 Å². The van der Waals surface area contributed by atoms with E-state index >= 15 is 0 Å². The summed E-state index contributed by atoms with van der Waals surface area (Å²) in [5.41, 5.74) is 4.83. The molecule has 0 atom stereocenters. The fourth-order valence-electron chi connectivity index (χ4n) is 5.39. The highest BCUT2D eigenvalue weighted by molar-refractivity contribution is 5.40. The Kier molecular flexibility index (Phi) is 7.06. The molecule has 0 unspecified atom stereocenters. The lowest BCUT2D eigenvalue weighted by Gasteiger charge is -2.51. The Bertz CT molecular complexity index is 870. The number of hydrogen-bond acceptors (Lipinski definition) is 1. The van der Waals surface area contributed by atoms with Crippen molar-refractivity contribution in [3.05, 3.63) is 65.2 Å². The van der Waals surface area contributed by atoms with Gasteiger partial charge in [-0.25, -0.2) is 0 Å². The molecule has 0 spiro atoms. The first kappa shape index (κ1) is 22.0. The summed E-state index contributed by atoms with van der Waals surface area (Å²) < 4.78 is 5.77. The maximum Gasteiger partial charge on any atom is 0.119 e. The molecule has 0 N–H and O–H groups in total. The van der Waals surface area contributed by atoms with Crippen LogP contribution < -0.4 is 4.74 Å². The summed E-state index contributed by atoms with van der Waals surface area (Å²) in [4.78, 5) is 0. The number of hydrogen-bond donors (Lipinski definition) is 0. The lowest BCUT2D eigenvalue weighted by molar-refractivity contribution is 0.0865. The lowest BCUT2D eigenvalue weighted by Crippen LogP contribution is -2.43. The second-order valence-electron chi connectivity index (χ2n) is 9.84. The molecule has 2 aromatic carbocycles. The summed E-state index contributed by atoms with van der Waals surface area (Å²) in [5, 5.41) is 0. The molecule has 0 radical (unpaired) electrons. The van der Waals surface area contributed by atoms with E-state index in [0.717, 1.165) is 30.8 Å². The smallest absolute Gasteiger partial charge is 0.119 e. The zero-order valence-corrected chi connectivity index (χ0v) is 19.5. The van der Waals surface area contributed by atoms with Gasteiger partial charge >= 0.3 is 0 Å². The summed E-state index contributed by atoms with van der Waals surface area (Å²) >= 11 is 0. The molecule has 3 saturated carbocycles. The molecular formula is C30H38O. The van der Waals surface area contributed by atoms with Gasteiger partial charge in [0, 0.05) is 11.0 Å². The monoisotopic (exact) mass is 414 g/mol. The summed E-state index contributed by atoms with van der Waals surface area (Å²) in [6.07, 6.45) is 13.7. The maximum absolute atomic E-state index is 5.77. The van der Waals surface area contributed by atoms with E-state index in [2.05, 4.69) is 74.2 Å². The van der Waals surface area contributed by atoms with Crippen LogP contribution in [0.25, 0.3) is 0 Å². The zero-order valence-electron chi connectivity index (χ0n) is 19.5. The summed E-state index contributed by atoms with van der Waals surface area (Å²) in [7, 11) is 0. The van der Waals surface area contributed by atoms with Crippen LogP contribution in [0, 0.1) is 17.3 Å². The van der Waals surface area contributed by atoms with Gasteiger partial charge in [0.2, 0.25) is 0 Å². The van der Waals surface area contributed by atoms with Crippen LogP contribution in [-0.2, 0) is 11.8 Å². The van der Waals surface area contributed by atoms with E-state index in [4.69, 9.17) is 4.74 Å². The van der Waals surface area contributed by atoms with Crippen molar-refractivity contribution in [3.8, 4) is 17.6 Å². The van der Waals surface area contributed by atoms with Crippen LogP contribution in [-0.4, -0.2) is 6.61 Å². The Morgan fingerprint density at radius 3 is 2.03 bits per heavy atom. The molecule has 0 amide bonds. The van der Waals surface area contributed by atoms with Gasteiger partial charge in [-0.05, 0) is 98.6 Å². The molecule has 2 aromatic rings. The van der Waals surface area contributed by atoms with E-state index in [1.165, 1.54) is 63.4 Å². The Morgan fingerprint density at radius 2 is 1.42 bits per heavy atom. The summed E-state index contributed by atoms with van der Waals surface area (Å²) in [6.45, 7) is 5.25. The first-order valence-electron chi connectivity index (χ1n) is 12.5. The van der Waals surface area contributed by atoms with Crippen LogP contribution in [0.1, 0.15) is 94.7 Å². The van der Waals surface area contributed by atoms with E-state index in [1.807, 2.05) is 0 Å². The average molecular weight is 415 g/mol. The topological polar surface area (TPSA) is 9.23 Å². The van der Waals surface area contributed by atoms with Gasteiger partial charge in [0.1, 0.15) is 5.75 Å². The second kappa shape index (κ2) is 9.95. The molecule has 3 aliphatic rings. The van der Waals surface area contributed by atoms with Gasteiger partial charge in [0.05, 0.1) is 6.61 Å². The number of unbranched alkanes of at least 4 members (excludes halogenated alkanes) is 2. The number of rotatable bonds is 8. The van der Waals surface area contributed by atoms with Gasteiger partial charge in [0.15, 0.2) is 0 Å². The van der Waals surface area contributed by atoms with E-state index in [-0.39, 0.29) is 5.41 Å². The van der Waals surface area contributed by atoms with Crippen molar-refractivity contribution in [3.63, 3.8) is 0 Å². The predicted molar refractivity (Wildman–Crippen MR) is 131 cm³/mol. The van der Waals surface area contributed by atoms with Crippen molar-refractivity contribution in [2.45, 2.75) is 89.9 Å². The first-order chi connectivity index (χ1) is 15.2. The van der Waals surface area contributed by atoms with Crippen molar-refractivity contribution in [1.29, 1.82) is 0 Å². The van der Waals surface area contributed by atoms with Crippen LogP contribution in [0.15, 0.2) is 48.5 Å². The molecule has 5 rings (SSSR count). The number of benzene rings is 2. The van der Waals surface area contributed by atoms with Gasteiger partial charge in [-0.1, -0.05) is 62.8 Å². The lowest BCUT2D eigenvalue weighted by atomic mass is 9.52. The Hall–Kier alpha value is -2.20. The molecule has 1 nitrogen and oxygen atoms in total. The van der Waals surface area contributed by atoms with Crippen molar-refractivity contribution in [1.82, 2.24) is 0 Å². The van der Waals surface area contributed by atoms with E-state index in [1.54, 1.807) is 5.56 Å². The second-order valence-corrected chi connectivity index (χ2v) is 9.84. The standard InChI is InChI=1S/C30H38O/c1-3-5-7-25-8-12-27(13-9-25)30-21-18-29(19-22-30,20-23-30)17-16-26-10-14-28(15-11-26)31-24-6-4-2/h8-15H,3-7,18-24H2,1-2H3. The summed E-state index contributed by atoms with van der Waals surface area (Å²) in [6, 6.07) is 18.0. The van der Waals surface area contributed by atoms with Gasteiger partial charge in [-0.3, -0.25) is 0 Å². The molecule has 0 aromatic heterocycles. The highest BCUT2D eigenvalue weighted by Gasteiger charge is 2.48. The highest BCUT2D eigenvalue weighted by Crippen LogP contribution is 2.57. The van der Waals surface area contributed by atoms with Crippen molar-refractivity contribution >= 4 is 0 Å². The normalized spacial score (nSPS) is 24.5. The molecule has 0 heterocycles. The van der Waals surface area contributed by atoms with Gasteiger partial charge < -0.3 is 4.74 Å². The Balaban J connectivity index is 1.37. The van der Waals surface area contributed by atoms with Crippen LogP contribution in [0.5, 0.6) is 5.75 Å². The number of fused-ring (bicyclic) bond motifs is 3. The SMILES string of the molecule is CCCCOc1ccc(C#CC23CCC(c4ccc(CCCC)cc4)(CC2)CC3)cc1. The minimum atomic E-state index is 0.235. The molecule has 3 aliphatic carbocycles. The Morgan fingerprint density at radius 1 is 0.774 bits per heavy atom. The van der Waals surface area contributed by atoms with E-state index in [0.29, 0.717) is 5.41 Å². The maximum atomic E-state index is 5.77. The number of ether oxygens (including phenoxy) is 1.